The van der Waals surface area contributed by atoms with Crippen molar-refractivity contribution in [1.29, 1.82) is 0 Å². The van der Waals surface area contributed by atoms with Gasteiger partial charge in [0.15, 0.2) is 0 Å². The Bertz CT molecular complexity index is 632. The van der Waals surface area contributed by atoms with Gasteiger partial charge < -0.3 is 0 Å². The molecule has 0 nitrogen and oxygen atoms in total. The van der Waals surface area contributed by atoms with Crippen LogP contribution in [0.2, 0.25) is 0 Å². The zero-order chi connectivity index (χ0) is 15.1. The van der Waals surface area contributed by atoms with Gasteiger partial charge in [-0.15, -0.1) is 0 Å². The van der Waals surface area contributed by atoms with E-state index in [0.29, 0.717) is 22.3 Å². The van der Waals surface area contributed by atoms with Crippen molar-refractivity contribution < 1.29 is 13.2 Å². The Balaban J connectivity index is 2.67. The molecule has 3 heteroatoms. The molecule has 106 valence electrons. The summed E-state index contributed by atoms with van der Waals surface area (Å²) in [7, 11) is 0. The van der Waals surface area contributed by atoms with Gasteiger partial charge in [-0.2, -0.15) is 0 Å². The second-order valence-electron chi connectivity index (χ2n) is 6.06. The molecule has 0 amide bonds. The zero-order valence-corrected chi connectivity index (χ0v) is 12.0. The highest BCUT2D eigenvalue weighted by molar-refractivity contribution is 5.66. The number of hydrogen-bond acceptors (Lipinski definition) is 0. The number of hydrogen-bond donors (Lipinski definition) is 0. The van der Waals surface area contributed by atoms with Crippen molar-refractivity contribution in [1.82, 2.24) is 0 Å². The predicted molar refractivity (Wildman–Crippen MR) is 75.2 cm³/mol. The molecule has 0 saturated carbocycles. The summed E-state index contributed by atoms with van der Waals surface area (Å²) in [5.74, 6) is -1.54. The highest BCUT2D eigenvalue weighted by atomic mass is 19.1. The van der Waals surface area contributed by atoms with E-state index in [-0.39, 0.29) is 11.2 Å². The summed E-state index contributed by atoms with van der Waals surface area (Å²) in [5, 5.41) is 0. The minimum atomic E-state index is -0.640. The van der Waals surface area contributed by atoms with Gasteiger partial charge in [-0.05, 0) is 58.9 Å². The van der Waals surface area contributed by atoms with Crippen molar-refractivity contribution in [3.63, 3.8) is 0 Å². The van der Waals surface area contributed by atoms with Crippen molar-refractivity contribution in [2.45, 2.75) is 33.1 Å². The fraction of sp³-hybridized carbons (Fsp3) is 0.294. The lowest BCUT2D eigenvalue weighted by atomic mass is 9.83. The van der Waals surface area contributed by atoms with Crippen LogP contribution in [-0.4, -0.2) is 0 Å². The molecule has 2 aromatic rings. The highest BCUT2D eigenvalue weighted by Gasteiger charge is 2.21. The van der Waals surface area contributed by atoms with Gasteiger partial charge in [0.2, 0.25) is 0 Å². The maximum Gasteiger partial charge on any atom is 0.129 e. The SMILES string of the molecule is Cc1cc(-c2cc(F)cc(F)c2)cc(C(C)(C)C)c1F. The third-order valence-electron chi connectivity index (χ3n) is 3.26. The molecule has 0 fully saturated rings. The fourth-order valence-corrected chi connectivity index (χ4v) is 2.20. The number of aryl methyl sites for hydroxylation is 1. The van der Waals surface area contributed by atoms with Crippen molar-refractivity contribution in [3.05, 3.63) is 58.9 Å². The molecule has 0 aliphatic rings. The van der Waals surface area contributed by atoms with Gasteiger partial charge in [-0.25, -0.2) is 13.2 Å². The van der Waals surface area contributed by atoms with Crippen LogP contribution in [0.25, 0.3) is 11.1 Å². The standard InChI is InChI=1S/C17H17F3/c1-10-5-11(8-15(16(10)20)17(2,3)4)12-6-13(18)9-14(19)7-12/h5-9H,1-4H3. The van der Waals surface area contributed by atoms with Crippen molar-refractivity contribution in [3.8, 4) is 11.1 Å². The lowest BCUT2D eigenvalue weighted by Gasteiger charge is -2.22. The molecule has 0 aliphatic carbocycles. The summed E-state index contributed by atoms with van der Waals surface area (Å²) >= 11 is 0. The Hall–Kier alpha value is -1.77. The van der Waals surface area contributed by atoms with Crippen LogP contribution in [0.3, 0.4) is 0 Å². The summed E-state index contributed by atoms with van der Waals surface area (Å²) < 4.78 is 40.8. The van der Waals surface area contributed by atoms with Gasteiger partial charge in [-0.3, -0.25) is 0 Å². The van der Waals surface area contributed by atoms with Crippen LogP contribution < -0.4 is 0 Å². The first-order valence-corrected chi connectivity index (χ1v) is 6.45. The molecule has 0 aliphatic heterocycles. The Morgan fingerprint density at radius 2 is 1.25 bits per heavy atom. The molecule has 0 aromatic heterocycles. The van der Waals surface area contributed by atoms with E-state index in [1.807, 2.05) is 20.8 Å². The summed E-state index contributed by atoms with van der Waals surface area (Å²) in [6, 6.07) is 6.60. The van der Waals surface area contributed by atoms with Crippen molar-refractivity contribution in [2.75, 3.05) is 0 Å². The summed E-state index contributed by atoms with van der Waals surface area (Å²) in [6.45, 7) is 7.37. The van der Waals surface area contributed by atoms with Crippen LogP contribution in [0, 0.1) is 24.4 Å². The van der Waals surface area contributed by atoms with E-state index >= 15 is 0 Å². The monoisotopic (exact) mass is 278 g/mol. The van der Waals surface area contributed by atoms with Crippen LogP contribution >= 0.6 is 0 Å². The Labute approximate surface area is 117 Å². The molecule has 2 rings (SSSR count). The average molecular weight is 278 g/mol. The topological polar surface area (TPSA) is 0 Å². The number of rotatable bonds is 1. The highest BCUT2D eigenvalue weighted by Crippen LogP contribution is 2.32. The molecule has 0 saturated heterocycles. The molecule has 0 N–H and O–H groups in total. The van der Waals surface area contributed by atoms with Gasteiger partial charge in [0.05, 0.1) is 0 Å². The second-order valence-corrected chi connectivity index (χ2v) is 6.06. The molecule has 0 radical (unpaired) electrons. The summed E-state index contributed by atoms with van der Waals surface area (Å²) in [5.41, 5.74) is 1.66. The first-order valence-electron chi connectivity index (χ1n) is 6.45. The van der Waals surface area contributed by atoms with Gasteiger partial charge in [0.25, 0.3) is 0 Å². The fourth-order valence-electron chi connectivity index (χ4n) is 2.20. The van der Waals surface area contributed by atoms with Crippen LogP contribution in [0.15, 0.2) is 30.3 Å². The third kappa shape index (κ3) is 2.87. The van der Waals surface area contributed by atoms with Crippen LogP contribution in [0.1, 0.15) is 31.9 Å². The van der Waals surface area contributed by atoms with E-state index in [1.54, 1.807) is 19.1 Å². The predicted octanol–water partition coefficient (Wildman–Crippen LogP) is 5.38. The lowest BCUT2D eigenvalue weighted by molar-refractivity contribution is 0.519. The lowest BCUT2D eigenvalue weighted by Crippen LogP contribution is -2.14. The first kappa shape index (κ1) is 14.6. The summed E-state index contributed by atoms with van der Waals surface area (Å²) in [4.78, 5) is 0. The third-order valence-corrected chi connectivity index (χ3v) is 3.26. The quantitative estimate of drug-likeness (QED) is 0.657. The maximum atomic E-state index is 14.2. The maximum absolute atomic E-state index is 14.2. The second kappa shape index (κ2) is 4.97. The largest absolute Gasteiger partial charge is 0.207 e. The van der Waals surface area contributed by atoms with E-state index in [1.165, 1.54) is 12.1 Å². The molecule has 20 heavy (non-hydrogen) atoms. The number of halogens is 3. The Morgan fingerprint density at radius 1 is 0.750 bits per heavy atom. The van der Waals surface area contributed by atoms with Crippen LogP contribution in [-0.2, 0) is 5.41 Å². The minimum absolute atomic E-state index is 0.266. The molecule has 0 unspecified atom stereocenters. The molecule has 0 spiro atoms. The molecule has 0 bridgehead atoms. The smallest absolute Gasteiger partial charge is 0.129 e. The van der Waals surface area contributed by atoms with Crippen LogP contribution in [0.4, 0.5) is 13.2 Å². The molecule has 0 atom stereocenters. The van der Waals surface area contributed by atoms with Gasteiger partial charge in [-0.1, -0.05) is 20.8 Å². The van der Waals surface area contributed by atoms with E-state index in [4.69, 9.17) is 0 Å². The minimum Gasteiger partial charge on any atom is -0.207 e. The van der Waals surface area contributed by atoms with Gasteiger partial charge >= 0.3 is 0 Å². The van der Waals surface area contributed by atoms with E-state index in [0.717, 1.165) is 6.07 Å². The Kier molecular flexibility index (Phi) is 3.63. The van der Waals surface area contributed by atoms with E-state index in [9.17, 15) is 13.2 Å². The average Bonchev–Trinajstić information content (AvgIpc) is 2.29. The van der Waals surface area contributed by atoms with Gasteiger partial charge in [0.1, 0.15) is 17.5 Å². The molecular formula is C17H17F3. The van der Waals surface area contributed by atoms with Gasteiger partial charge in [0, 0.05) is 6.07 Å². The zero-order valence-electron chi connectivity index (χ0n) is 12.0. The first-order chi connectivity index (χ1) is 9.18. The number of benzene rings is 2. The summed E-state index contributed by atoms with van der Waals surface area (Å²) in [6.07, 6.45) is 0. The van der Waals surface area contributed by atoms with E-state index in [2.05, 4.69) is 0 Å². The van der Waals surface area contributed by atoms with E-state index < -0.39 is 11.6 Å². The Morgan fingerprint density at radius 3 is 1.75 bits per heavy atom. The molecule has 0 heterocycles. The van der Waals surface area contributed by atoms with Crippen LogP contribution in [0.5, 0.6) is 0 Å². The molecule has 2 aromatic carbocycles. The van der Waals surface area contributed by atoms with Crippen molar-refractivity contribution >= 4 is 0 Å². The molecular weight excluding hydrogens is 261 g/mol. The van der Waals surface area contributed by atoms with Crippen molar-refractivity contribution in [2.24, 2.45) is 0 Å². The normalized spacial score (nSPS) is 11.8.